The van der Waals surface area contributed by atoms with Crippen molar-refractivity contribution >= 4 is 9.24 Å². The Hall–Kier alpha value is -1.65. The van der Waals surface area contributed by atoms with Crippen LogP contribution in [0.2, 0.25) is 0 Å². The van der Waals surface area contributed by atoms with Gasteiger partial charge in [0.15, 0.2) is 0 Å². The van der Waals surface area contributed by atoms with Crippen LogP contribution in [0.15, 0.2) is 48.5 Å². The molecular weight excluding hydrogens is 395 g/mol. The molecule has 1 atom stereocenters. The molecule has 0 aliphatic heterocycles. The first-order valence-corrected chi connectivity index (χ1v) is 11.3. The van der Waals surface area contributed by atoms with E-state index in [0.717, 1.165) is 29.1 Å². The van der Waals surface area contributed by atoms with Gasteiger partial charge in [0.1, 0.15) is 37.8 Å². The third-order valence-electron chi connectivity index (χ3n) is 5.26. The fourth-order valence-corrected chi connectivity index (χ4v) is 3.26. The van der Waals surface area contributed by atoms with E-state index in [2.05, 4.69) is 61.4 Å². The van der Waals surface area contributed by atoms with Crippen LogP contribution in [-0.2, 0) is 16.7 Å². The van der Waals surface area contributed by atoms with Crippen molar-refractivity contribution in [3.63, 3.8) is 0 Å². The average Bonchev–Trinajstić information content (AvgIpc) is 2.72. The molecule has 2 rings (SSSR count). The molecular formula is C24H38N2O3P+. The Balaban J connectivity index is 1.78. The van der Waals surface area contributed by atoms with Gasteiger partial charge in [0, 0.05) is 17.5 Å². The van der Waals surface area contributed by atoms with Gasteiger partial charge in [0.2, 0.25) is 0 Å². The first kappa shape index (κ1) is 24.6. The highest BCUT2D eigenvalue weighted by atomic mass is 31.0. The molecule has 0 amide bonds. The van der Waals surface area contributed by atoms with Crippen molar-refractivity contribution in [1.29, 1.82) is 0 Å². The summed E-state index contributed by atoms with van der Waals surface area (Å²) < 4.78 is 17.8. The summed E-state index contributed by atoms with van der Waals surface area (Å²) in [5.74, 6) is 1.78. The highest BCUT2D eigenvalue weighted by molar-refractivity contribution is 7.16. The lowest BCUT2D eigenvalue weighted by atomic mass is 9.85. The number of nitrogens with two attached hydrogens (primary N) is 1. The molecule has 0 saturated heterocycles. The van der Waals surface area contributed by atoms with Gasteiger partial charge in [-0.15, -0.1) is 9.24 Å². The van der Waals surface area contributed by atoms with Crippen molar-refractivity contribution in [1.82, 2.24) is 0 Å². The number of nitrogens with zero attached hydrogens (tertiary/aromatic N) is 1. The van der Waals surface area contributed by atoms with Gasteiger partial charge in [-0.1, -0.05) is 26.0 Å². The fourth-order valence-electron chi connectivity index (χ4n) is 3.10. The molecule has 2 aromatic carbocycles. The zero-order chi connectivity index (χ0) is 22.0. The molecule has 2 aromatic rings. The Bertz CT molecular complexity index is 746. The Labute approximate surface area is 184 Å². The van der Waals surface area contributed by atoms with Crippen LogP contribution in [0.1, 0.15) is 25.0 Å². The van der Waals surface area contributed by atoms with Gasteiger partial charge in [-0.25, -0.2) is 0 Å². The lowest BCUT2D eigenvalue weighted by Crippen LogP contribution is -2.41. The van der Waals surface area contributed by atoms with Gasteiger partial charge in [0.25, 0.3) is 0 Å². The van der Waals surface area contributed by atoms with Crippen molar-refractivity contribution in [3.8, 4) is 11.5 Å². The SMILES string of the molecule is CC(C)(CN)c1ccc(OCC[N+](C)(C)Cc2ccc(OCCOCP)cc2)cc1. The van der Waals surface area contributed by atoms with E-state index in [0.29, 0.717) is 32.7 Å². The van der Waals surface area contributed by atoms with Crippen molar-refractivity contribution in [3.05, 3.63) is 59.7 Å². The van der Waals surface area contributed by atoms with E-state index < -0.39 is 0 Å². The number of quaternary nitrogens is 1. The molecule has 2 N–H and O–H groups in total. The van der Waals surface area contributed by atoms with Gasteiger partial charge in [-0.3, -0.25) is 0 Å². The van der Waals surface area contributed by atoms with Gasteiger partial charge in [0.05, 0.1) is 27.1 Å². The maximum Gasteiger partial charge on any atom is 0.137 e. The molecule has 1 unspecified atom stereocenters. The predicted octanol–water partition coefficient (Wildman–Crippen LogP) is 3.81. The average molecular weight is 434 g/mol. The van der Waals surface area contributed by atoms with E-state index in [9.17, 15) is 0 Å². The molecule has 0 aliphatic rings. The molecule has 30 heavy (non-hydrogen) atoms. The number of hydrogen-bond donors (Lipinski definition) is 1. The Morgan fingerprint density at radius 2 is 1.43 bits per heavy atom. The molecule has 0 saturated carbocycles. The van der Waals surface area contributed by atoms with Crippen LogP contribution in [0.5, 0.6) is 11.5 Å². The molecule has 5 nitrogen and oxygen atoms in total. The molecule has 0 heterocycles. The number of ether oxygens (including phenoxy) is 3. The largest absolute Gasteiger partial charge is 0.491 e. The van der Waals surface area contributed by atoms with Crippen molar-refractivity contribution in [2.75, 3.05) is 53.4 Å². The number of likely N-dealkylation sites (N-methyl/N-ethyl adjacent to an activating group) is 1. The highest BCUT2D eigenvalue weighted by Crippen LogP contribution is 2.24. The van der Waals surface area contributed by atoms with Crippen LogP contribution in [0.25, 0.3) is 0 Å². The maximum absolute atomic E-state index is 5.98. The minimum atomic E-state index is -0.0134. The second-order valence-corrected chi connectivity index (χ2v) is 9.18. The van der Waals surface area contributed by atoms with Gasteiger partial charge in [-0.05, 0) is 42.0 Å². The van der Waals surface area contributed by atoms with E-state index >= 15 is 0 Å². The second-order valence-electron chi connectivity index (χ2n) is 8.85. The van der Waals surface area contributed by atoms with Crippen LogP contribution in [0.4, 0.5) is 0 Å². The summed E-state index contributed by atoms with van der Waals surface area (Å²) in [6, 6.07) is 16.6. The quantitative estimate of drug-likeness (QED) is 0.297. The Kier molecular flexibility index (Phi) is 9.57. The van der Waals surface area contributed by atoms with E-state index in [1.54, 1.807) is 0 Å². The normalized spacial score (nSPS) is 12.1. The minimum absolute atomic E-state index is 0.0134. The molecule has 0 aliphatic carbocycles. The molecule has 6 heteroatoms. The van der Waals surface area contributed by atoms with Gasteiger partial charge >= 0.3 is 0 Å². The van der Waals surface area contributed by atoms with Crippen LogP contribution >= 0.6 is 9.24 Å². The van der Waals surface area contributed by atoms with Crippen LogP contribution < -0.4 is 15.2 Å². The maximum atomic E-state index is 5.98. The summed E-state index contributed by atoms with van der Waals surface area (Å²) in [7, 11) is 6.98. The molecule has 0 radical (unpaired) electrons. The standard InChI is InChI=1S/C24H38N2O3P/c1-24(2,18-25)21-7-11-23(12-8-21)28-14-13-26(3,4)17-20-5-9-22(10-6-20)29-16-15-27-19-30/h5-12H,13-19,25,30H2,1-4H3/q+1. The topological polar surface area (TPSA) is 53.7 Å². The summed E-state index contributed by atoms with van der Waals surface area (Å²) in [6.45, 7) is 8.62. The number of rotatable bonds is 13. The van der Waals surface area contributed by atoms with Crippen molar-refractivity contribution in [2.45, 2.75) is 25.8 Å². The molecule has 0 spiro atoms. The van der Waals surface area contributed by atoms with Crippen LogP contribution in [0.3, 0.4) is 0 Å². The highest BCUT2D eigenvalue weighted by Gasteiger charge is 2.19. The second kappa shape index (κ2) is 11.7. The zero-order valence-electron chi connectivity index (χ0n) is 18.9. The number of benzene rings is 2. The molecule has 166 valence electrons. The van der Waals surface area contributed by atoms with Gasteiger partial charge in [-0.2, -0.15) is 0 Å². The smallest absolute Gasteiger partial charge is 0.137 e. The van der Waals surface area contributed by atoms with E-state index in [1.807, 2.05) is 24.3 Å². The first-order chi connectivity index (χ1) is 14.3. The summed E-state index contributed by atoms with van der Waals surface area (Å²) in [4.78, 5) is 0. The predicted molar refractivity (Wildman–Crippen MR) is 127 cm³/mol. The fraction of sp³-hybridized carbons (Fsp3) is 0.500. The minimum Gasteiger partial charge on any atom is -0.491 e. The summed E-state index contributed by atoms with van der Waals surface area (Å²) in [5, 5.41) is 0. The molecule has 0 bridgehead atoms. The van der Waals surface area contributed by atoms with Crippen LogP contribution in [0, 0.1) is 0 Å². The number of hydrogen-bond acceptors (Lipinski definition) is 4. The Morgan fingerprint density at radius 1 is 0.867 bits per heavy atom. The summed E-state index contributed by atoms with van der Waals surface area (Å²) >= 11 is 0. The van der Waals surface area contributed by atoms with Crippen LogP contribution in [-0.4, -0.2) is 57.8 Å². The lowest BCUT2D eigenvalue weighted by Gasteiger charge is -2.30. The monoisotopic (exact) mass is 433 g/mol. The first-order valence-electron chi connectivity index (χ1n) is 10.5. The van der Waals surface area contributed by atoms with E-state index in [4.69, 9.17) is 19.9 Å². The molecule has 0 fully saturated rings. The van der Waals surface area contributed by atoms with Crippen molar-refractivity contribution < 1.29 is 18.7 Å². The summed E-state index contributed by atoms with van der Waals surface area (Å²) in [6.07, 6.45) is 0.636. The third kappa shape index (κ3) is 8.23. The summed E-state index contributed by atoms with van der Waals surface area (Å²) in [5.41, 5.74) is 8.36. The molecule has 0 aromatic heterocycles. The van der Waals surface area contributed by atoms with Gasteiger partial charge < -0.3 is 24.4 Å². The Morgan fingerprint density at radius 3 is 2.00 bits per heavy atom. The zero-order valence-corrected chi connectivity index (χ0v) is 20.0. The van der Waals surface area contributed by atoms with E-state index in [-0.39, 0.29) is 5.41 Å². The van der Waals surface area contributed by atoms with E-state index in [1.165, 1.54) is 11.1 Å². The van der Waals surface area contributed by atoms with Crippen molar-refractivity contribution in [2.24, 2.45) is 5.73 Å². The third-order valence-corrected chi connectivity index (χ3v) is 5.50. The lowest BCUT2D eigenvalue weighted by molar-refractivity contribution is -0.903.